The molecule has 0 aromatic carbocycles. The van der Waals surface area contributed by atoms with Crippen molar-refractivity contribution in [1.29, 1.82) is 0 Å². The maximum atomic E-state index is 11.9. The maximum Gasteiger partial charge on any atom is 0.410 e. The minimum atomic E-state index is -0.466. The van der Waals surface area contributed by atoms with Gasteiger partial charge in [0.2, 0.25) is 5.12 Å². The van der Waals surface area contributed by atoms with E-state index in [9.17, 15) is 9.59 Å². The van der Waals surface area contributed by atoms with Crippen LogP contribution in [-0.2, 0) is 9.53 Å². The van der Waals surface area contributed by atoms with Gasteiger partial charge in [-0.15, -0.1) is 0 Å². The lowest BCUT2D eigenvalue weighted by Gasteiger charge is -2.36. The number of carbonyl (C=O) groups excluding carboxylic acids is 2. The van der Waals surface area contributed by atoms with Gasteiger partial charge in [0.25, 0.3) is 0 Å². The van der Waals surface area contributed by atoms with E-state index in [1.165, 1.54) is 11.8 Å². The van der Waals surface area contributed by atoms with Crippen molar-refractivity contribution >= 4 is 28.1 Å². The molecule has 0 aromatic rings. The Kier molecular flexibility index (Phi) is 4.03. The zero-order valence-electron chi connectivity index (χ0n) is 11.5. The lowest BCUT2D eigenvalue weighted by Crippen LogP contribution is -2.51. The molecule has 2 heterocycles. The molecule has 6 nitrogen and oxygen atoms in total. The summed E-state index contributed by atoms with van der Waals surface area (Å²) >= 11 is 1.19. The second-order valence-corrected chi connectivity index (χ2v) is 6.55. The molecule has 2 rings (SSSR count). The summed E-state index contributed by atoms with van der Waals surface area (Å²) in [6.45, 7) is 8.43. The van der Waals surface area contributed by atoms with Crippen LogP contribution in [0.3, 0.4) is 0 Å². The third kappa shape index (κ3) is 3.86. The van der Waals surface area contributed by atoms with Crippen LogP contribution in [0, 0.1) is 0 Å². The van der Waals surface area contributed by atoms with Crippen LogP contribution in [0.2, 0.25) is 0 Å². The van der Waals surface area contributed by atoms with Crippen molar-refractivity contribution in [3.8, 4) is 0 Å². The molecule has 0 atom stereocenters. The van der Waals surface area contributed by atoms with Gasteiger partial charge < -0.3 is 14.5 Å². The molecule has 1 fully saturated rings. The highest BCUT2D eigenvalue weighted by Gasteiger charge is 2.29. The number of ether oxygens (including phenoxy) is 1. The molecule has 0 spiro atoms. The summed E-state index contributed by atoms with van der Waals surface area (Å²) in [4.78, 5) is 31.0. The number of carbonyl (C=O) groups is 2. The molecule has 0 unspecified atom stereocenters. The van der Waals surface area contributed by atoms with Crippen LogP contribution in [0.5, 0.6) is 0 Å². The molecule has 1 saturated heterocycles. The van der Waals surface area contributed by atoms with E-state index in [2.05, 4.69) is 9.89 Å². The Balaban J connectivity index is 1.82. The van der Waals surface area contributed by atoms with Crippen molar-refractivity contribution in [3.05, 3.63) is 0 Å². The van der Waals surface area contributed by atoms with Crippen molar-refractivity contribution < 1.29 is 14.3 Å². The van der Waals surface area contributed by atoms with Gasteiger partial charge in [-0.25, -0.2) is 4.79 Å². The number of amidine groups is 1. The Morgan fingerprint density at radius 3 is 2.37 bits per heavy atom. The molecule has 0 N–H and O–H groups in total. The summed E-state index contributed by atoms with van der Waals surface area (Å²) in [6, 6.07) is 0. The topological polar surface area (TPSA) is 62.2 Å². The second kappa shape index (κ2) is 5.40. The first-order valence-electron chi connectivity index (χ1n) is 6.33. The largest absolute Gasteiger partial charge is 0.444 e. The zero-order chi connectivity index (χ0) is 14.0. The summed E-state index contributed by atoms with van der Waals surface area (Å²) in [5.41, 5.74) is -0.466. The van der Waals surface area contributed by atoms with Gasteiger partial charge >= 0.3 is 6.09 Å². The van der Waals surface area contributed by atoms with Crippen LogP contribution in [0.15, 0.2) is 4.99 Å². The Morgan fingerprint density at radius 1 is 1.26 bits per heavy atom. The van der Waals surface area contributed by atoms with Gasteiger partial charge in [0, 0.05) is 26.2 Å². The quantitative estimate of drug-likeness (QED) is 0.668. The van der Waals surface area contributed by atoms with Gasteiger partial charge in [-0.2, -0.15) is 0 Å². The molecule has 0 radical (unpaired) electrons. The third-order valence-electron chi connectivity index (χ3n) is 2.75. The molecule has 2 aliphatic heterocycles. The molecule has 2 aliphatic rings. The van der Waals surface area contributed by atoms with Gasteiger partial charge in [-0.1, -0.05) is 0 Å². The number of hydrogen-bond donors (Lipinski definition) is 0. The van der Waals surface area contributed by atoms with Crippen molar-refractivity contribution in [3.63, 3.8) is 0 Å². The predicted molar refractivity (Wildman–Crippen MR) is 74.3 cm³/mol. The Bertz CT molecular complexity index is 409. The first-order valence-corrected chi connectivity index (χ1v) is 7.15. The lowest BCUT2D eigenvalue weighted by molar-refractivity contribution is -0.109. The van der Waals surface area contributed by atoms with E-state index in [-0.39, 0.29) is 17.8 Å². The van der Waals surface area contributed by atoms with E-state index in [0.29, 0.717) is 26.2 Å². The lowest BCUT2D eigenvalue weighted by atomic mass is 10.2. The van der Waals surface area contributed by atoms with Crippen LogP contribution >= 0.6 is 11.8 Å². The molecule has 0 bridgehead atoms. The first-order chi connectivity index (χ1) is 8.85. The van der Waals surface area contributed by atoms with Crippen LogP contribution < -0.4 is 0 Å². The Labute approximate surface area is 117 Å². The Hall–Kier alpha value is -1.24. The summed E-state index contributed by atoms with van der Waals surface area (Å²) in [5, 5.41) is 0.874. The van der Waals surface area contributed by atoms with Crippen molar-refractivity contribution in [1.82, 2.24) is 9.80 Å². The van der Waals surface area contributed by atoms with Crippen molar-refractivity contribution in [2.24, 2.45) is 4.99 Å². The third-order valence-corrected chi connectivity index (χ3v) is 3.68. The highest BCUT2D eigenvalue weighted by atomic mass is 32.2. The SMILES string of the molecule is CC(C)(C)OC(=O)N1CCN(C2=NCC(=O)S2)CC1. The van der Waals surface area contributed by atoms with E-state index in [1.807, 2.05) is 20.8 Å². The molecule has 0 aromatic heterocycles. The second-order valence-electron chi connectivity index (χ2n) is 5.53. The maximum absolute atomic E-state index is 11.9. The van der Waals surface area contributed by atoms with Gasteiger partial charge in [-0.05, 0) is 32.5 Å². The van der Waals surface area contributed by atoms with Crippen LogP contribution in [0.1, 0.15) is 20.8 Å². The average Bonchev–Trinajstić information content (AvgIpc) is 2.74. The van der Waals surface area contributed by atoms with E-state index >= 15 is 0 Å². The smallest absolute Gasteiger partial charge is 0.410 e. The van der Waals surface area contributed by atoms with Gasteiger partial charge in [0.05, 0.1) is 0 Å². The fourth-order valence-electron chi connectivity index (χ4n) is 1.87. The fourth-order valence-corrected chi connectivity index (χ4v) is 2.64. The van der Waals surface area contributed by atoms with E-state index in [0.717, 1.165) is 5.17 Å². The molecular formula is C12H19N3O3S. The number of amides is 1. The predicted octanol–water partition coefficient (Wildman–Crippen LogP) is 1.17. The van der Waals surface area contributed by atoms with Crippen molar-refractivity contribution in [2.75, 3.05) is 32.7 Å². The number of piperazine rings is 1. The average molecular weight is 285 g/mol. The molecule has 0 aliphatic carbocycles. The Morgan fingerprint density at radius 2 is 1.89 bits per heavy atom. The van der Waals surface area contributed by atoms with Crippen molar-refractivity contribution in [2.45, 2.75) is 26.4 Å². The molecule has 1 amide bonds. The normalized spacial score (nSPS) is 20.6. The van der Waals surface area contributed by atoms with E-state index in [1.54, 1.807) is 4.90 Å². The minimum absolute atomic E-state index is 0.0876. The number of nitrogens with zero attached hydrogens (tertiary/aromatic N) is 3. The number of hydrogen-bond acceptors (Lipinski definition) is 6. The highest BCUT2D eigenvalue weighted by molar-refractivity contribution is 8.26. The first kappa shape index (κ1) is 14.2. The standard InChI is InChI=1S/C12H19N3O3S/c1-12(2,3)18-11(17)15-6-4-14(5-7-15)10-13-8-9(16)19-10/h4-8H2,1-3H3. The fraction of sp³-hybridized carbons (Fsp3) is 0.750. The zero-order valence-corrected chi connectivity index (χ0v) is 12.3. The monoisotopic (exact) mass is 285 g/mol. The van der Waals surface area contributed by atoms with E-state index < -0.39 is 5.60 Å². The van der Waals surface area contributed by atoms with Gasteiger partial charge in [0.15, 0.2) is 5.17 Å². The number of aliphatic imine (C=N–C) groups is 1. The summed E-state index contributed by atoms with van der Waals surface area (Å²) in [5.74, 6) is 0. The van der Waals surface area contributed by atoms with Crippen LogP contribution in [-0.4, -0.2) is 64.5 Å². The number of rotatable bonds is 0. The molecule has 19 heavy (non-hydrogen) atoms. The summed E-state index contributed by atoms with van der Waals surface area (Å²) < 4.78 is 5.33. The summed E-state index contributed by atoms with van der Waals surface area (Å²) in [6.07, 6.45) is -0.274. The molecule has 106 valence electrons. The minimum Gasteiger partial charge on any atom is -0.444 e. The molecular weight excluding hydrogens is 266 g/mol. The van der Waals surface area contributed by atoms with Gasteiger partial charge in [-0.3, -0.25) is 9.79 Å². The number of thioether (sulfide) groups is 1. The van der Waals surface area contributed by atoms with Gasteiger partial charge in [0.1, 0.15) is 12.1 Å². The molecule has 0 saturated carbocycles. The van der Waals surface area contributed by atoms with E-state index in [4.69, 9.17) is 4.74 Å². The summed E-state index contributed by atoms with van der Waals surface area (Å²) in [7, 11) is 0. The van der Waals surface area contributed by atoms with Crippen LogP contribution in [0.4, 0.5) is 4.79 Å². The van der Waals surface area contributed by atoms with Crippen LogP contribution in [0.25, 0.3) is 0 Å². The molecule has 7 heteroatoms. The highest BCUT2D eigenvalue weighted by Crippen LogP contribution is 2.19.